The van der Waals surface area contributed by atoms with Crippen molar-refractivity contribution in [2.24, 2.45) is 0 Å². The third kappa shape index (κ3) is 6.58. The number of aromatic amines is 1. The molecule has 0 aliphatic heterocycles. The smallest absolute Gasteiger partial charge is 0.247 e. The van der Waals surface area contributed by atoms with Gasteiger partial charge in [0.1, 0.15) is 21.2 Å². The summed E-state index contributed by atoms with van der Waals surface area (Å²) in [6.07, 6.45) is 4.14. The molecule has 2 heterocycles. The van der Waals surface area contributed by atoms with Crippen molar-refractivity contribution < 1.29 is 17.9 Å². The molecule has 0 saturated heterocycles. The summed E-state index contributed by atoms with van der Waals surface area (Å²) < 4.78 is 28.6. The van der Waals surface area contributed by atoms with Gasteiger partial charge in [-0.2, -0.15) is 9.97 Å². The third-order valence-electron chi connectivity index (χ3n) is 4.83. The normalized spacial score (nSPS) is 11.1. The molecule has 0 aliphatic rings. The molecule has 0 atom stereocenters. The number of carbonyl (C=O) groups is 1. The number of sulfone groups is 1. The van der Waals surface area contributed by atoms with Crippen LogP contribution in [0.1, 0.15) is 0 Å². The number of carbonyl (C=O) groups excluding carboxylic acids is 1. The number of rotatable bonds is 10. The van der Waals surface area contributed by atoms with Gasteiger partial charge in [-0.1, -0.05) is 12.6 Å². The van der Waals surface area contributed by atoms with Crippen LogP contribution in [0.2, 0.25) is 0 Å². The predicted molar refractivity (Wildman–Crippen MR) is 137 cm³/mol. The number of hydrogen-bond donors (Lipinski definition) is 4. The maximum atomic E-state index is 11.6. The van der Waals surface area contributed by atoms with Crippen LogP contribution in [0.15, 0.2) is 73.4 Å². The van der Waals surface area contributed by atoms with Gasteiger partial charge in [0.2, 0.25) is 17.7 Å². The number of nitrogens with zero attached hydrogens (tertiary/aromatic N) is 2. The SMILES string of the molecule is C=CC(=O)Nc1cccc(Oc2nc(Nc3ccc(NCCS(C)(=O)=O)cc3)nc3[nH]ccc23)c1. The van der Waals surface area contributed by atoms with Gasteiger partial charge in [-0.3, -0.25) is 4.79 Å². The molecule has 0 bridgehead atoms. The van der Waals surface area contributed by atoms with Crippen LogP contribution >= 0.6 is 0 Å². The van der Waals surface area contributed by atoms with Crippen molar-refractivity contribution in [1.29, 1.82) is 0 Å². The van der Waals surface area contributed by atoms with Crippen LogP contribution < -0.4 is 20.7 Å². The molecule has 0 saturated carbocycles. The highest BCUT2D eigenvalue weighted by Gasteiger charge is 2.12. The zero-order valence-electron chi connectivity index (χ0n) is 18.9. The van der Waals surface area contributed by atoms with Crippen LogP contribution in [0.5, 0.6) is 11.6 Å². The van der Waals surface area contributed by atoms with E-state index in [2.05, 4.69) is 37.5 Å². The lowest BCUT2D eigenvalue weighted by molar-refractivity contribution is -0.111. The van der Waals surface area contributed by atoms with Gasteiger partial charge in [0.05, 0.1) is 11.1 Å². The van der Waals surface area contributed by atoms with Gasteiger partial charge >= 0.3 is 0 Å². The Labute approximate surface area is 202 Å². The molecule has 10 nitrogen and oxygen atoms in total. The van der Waals surface area contributed by atoms with Crippen LogP contribution in [-0.4, -0.2) is 47.8 Å². The largest absolute Gasteiger partial charge is 0.438 e. The van der Waals surface area contributed by atoms with E-state index in [-0.39, 0.29) is 11.7 Å². The van der Waals surface area contributed by atoms with Gasteiger partial charge in [0.15, 0.2) is 0 Å². The molecule has 35 heavy (non-hydrogen) atoms. The van der Waals surface area contributed by atoms with E-state index in [0.29, 0.717) is 40.8 Å². The van der Waals surface area contributed by atoms with E-state index in [1.165, 1.54) is 12.3 Å². The van der Waals surface area contributed by atoms with Crippen LogP contribution in [0, 0.1) is 0 Å². The van der Waals surface area contributed by atoms with Crippen molar-refractivity contribution in [3.05, 3.63) is 73.4 Å². The predicted octanol–water partition coefficient (Wildman–Crippen LogP) is 4.07. The molecule has 4 N–H and O–H groups in total. The number of ether oxygens (including phenoxy) is 1. The van der Waals surface area contributed by atoms with Crippen LogP contribution in [0.4, 0.5) is 23.0 Å². The first kappa shape index (κ1) is 23.8. The summed E-state index contributed by atoms with van der Waals surface area (Å²) in [7, 11) is -3.02. The first-order valence-electron chi connectivity index (χ1n) is 10.6. The number of amides is 1. The molecule has 0 spiro atoms. The van der Waals surface area contributed by atoms with Crippen molar-refractivity contribution >= 4 is 49.8 Å². The monoisotopic (exact) mass is 492 g/mol. The minimum atomic E-state index is -3.02. The first-order chi connectivity index (χ1) is 16.8. The number of fused-ring (bicyclic) bond motifs is 1. The van der Waals surface area contributed by atoms with E-state index >= 15 is 0 Å². The van der Waals surface area contributed by atoms with Gasteiger partial charge < -0.3 is 25.7 Å². The van der Waals surface area contributed by atoms with Crippen LogP contribution in [-0.2, 0) is 14.6 Å². The number of nitrogens with one attached hydrogen (secondary N) is 4. The Bertz CT molecular complexity index is 1470. The Morgan fingerprint density at radius 1 is 1.09 bits per heavy atom. The number of anilines is 4. The lowest BCUT2D eigenvalue weighted by Gasteiger charge is -2.11. The zero-order valence-corrected chi connectivity index (χ0v) is 19.7. The van der Waals surface area contributed by atoms with Crippen molar-refractivity contribution in [3.8, 4) is 11.6 Å². The van der Waals surface area contributed by atoms with E-state index < -0.39 is 9.84 Å². The fourth-order valence-electron chi connectivity index (χ4n) is 3.17. The Morgan fingerprint density at radius 3 is 2.60 bits per heavy atom. The average Bonchev–Trinajstić information content (AvgIpc) is 3.29. The Morgan fingerprint density at radius 2 is 1.86 bits per heavy atom. The first-order valence-corrected chi connectivity index (χ1v) is 12.7. The van der Waals surface area contributed by atoms with Gasteiger partial charge in [-0.05, 0) is 48.5 Å². The highest BCUT2D eigenvalue weighted by Crippen LogP contribution is 2.30. The lowest BCUT2D eigenvalue weighted by Crippen LogP contribution is -2.13. The van der Waals surface area contributed by atoms with Crippen molar-refractivity contribution in [1.82, 2.24) is 15.0 Å². The Kier molecular flexibility index (Phi) is 6.97. The van der Waals surface area contributed by atoms with Crippen molar-refractivity contribution in [3.63, 3.8) is 0 Å². The zero-order chi connectivity index (χ0) is 24.8. The highest BCUT2D eigenvalue weighted by atomic mass is 32.2. The summed E-state index contributed by atoms with van der Waals surface area (Å²) in [5.41, 5.74) is 2.69. The molecule has 0 fully saturated rings. The standard InChI is InChI=1S/C24H24N6O4S/c1-3-21(31)27-18-5-4-6-19(15-18)34-23-20-11-12-26-22(20)29-24(30-23)28-17-9-7-16(8-10-17)25-13-14-35(2,32)33/h3-12,15,25H,1,13-14H2,2H3,(H,27,31)(H2,26,28,29,30). The summed E-state index contributed by atoms with van der Waals surface area (Å²) in [6, 6.07) is 16.1. The molecule has 11 heteroatoms. The molecule has 4 aromatic rings. The maximum Gasteiger partial charge on any atom is 0.247 e. The minimum absolute atomic E-state index is 0.0588. The topological polar surface area (TPSA) is 138 Å². The van der Waals surface area contributed by atoms with Crippen LogP contribution in [0.25, 0.3) is 11.0 Å². The number of benzene rings is 2. The molecule has 0 radical (unpaired) electrons. The van der Waals surface area contributed by atoms with E-state index in [4.69, 9.17) is 4.74 Å². The van der Waals surface area contributed by atoms with E-state index in [1.807, 2.05) is 30.3 Å². The Balaban J connectivity index is 1.50. The molecule has 2 aromatic heterocycles. The van der Waals surface area contributed by atoms with E-state index in [9.17, 15) is 13.2 Å². The summed E-state index contributed by atoms with van der Waals surface area (Å²) in [4.78, 5) is 23.7. The summed E-state index contributed by atoms with van der Waals surface area (Å²) in [6.45, 7) is 3.78. The van der Waals surface area contributed by atoms with Gasteiger partial charge in [0, 0.05) is 42.1 Å². The minimum Gasteiger partial charge on any atom is -0.438 e. The van der Waals surface area contributed by atoms with E-state index in [0.717, 1.165) is 11.4 Å². The molecule has 180 valence electrons. The van der Waals surface area contributed by atoms with E-state index in [1.54, 1.807) is 30.5 Å². The molecular weight excluding hydrogens is 468 g/mol. The number of hydrogen-bond acceptors (Lipinski definition) is 8. The third-order valence-corrected chi connectivity index (χ3v) is 5.77. The lowest BCUT2D eigenvalue weighted by atomic mass is 10.3. The second kappa shape index (κ2) is 10.3. The second-order valence-electron chi connectivity index (χ2n) is 7.67. The average molecular weight is 493 g/mol. The van der Waals surface area contributed by atoms with Gasteiger partial charge in [0.25, 0.3) is 0 Å². The fourth-order valence-corrected chi connectivity index (χ4v) is 3.64. The van der Waals surface area contributed by atoms with Crippen molar-refractivity contribution in [2.45, 2.75) is 0 Å². The van der Waals surface area contributed by atoms with Gasteiger partial charge in [-0.15, -0.1) is 0 Å². The van der Waals surface area contributed by atoms with Gasteiger partial charge in [-0.25, -0.2) is 8.42 Å². The summed E-state index contributed by atoms with van der Waals surface area (Å²) in [5, 5.41) is 9.62. The summed E-state index contributed by atoms with van der Waals surface area (Å²) >= 11 is 0. The highest BCUT2D eigenvalue weighted by molar-refractivity contribution is 7.90. The maximum absolute atomic E-state index is 11.6. The molecule has 0 aliphatic carbocycles. The van der Waals surface area contributed by atoms with Crippen LogP contribution in [0.3, 0.4) is 0 Å². The Hall–Kier alpha value is -4.38. The molecule has 4 rings (SSSR count). The quantitative estimate of drug-likeness (QED) is 0.243. The van der Waals surface area contributed by atoms with Crippen molar-refractivity contribution in [2.75, 3.05) is 34.5 Å². The number of aromatic nitrogens is 3. The molecular formula is C24H24N6O4S. The molecule has 2 aromatic carbocycles. The second-order valence-corrected chi connectivity index (χ2v) is 9.93. The molecule has 0 unspecified atom stereocenters. The molecule has 1 amide bonds. The fraction of sp³-hybridized carbons (Fsp3) is 0.125. The summed E-state index contributed by atoms with van der Waals surface area (Å²) in [5.74, 6) is 0.890. The number of H-pyrrole nitrogens is 1.